The van der Waals surface area contributed by atoms with Crippen LogP contribution in [-0.4, -0.2) is 48.6 Å². The number of likely N-dealkylation sites (tertiary alicyclic amines) is 1. The number of methoxy groups -OCH3 is 1. The number of ether oxygens (including phenoxy) is 1. The summed E-state index contributed by atoms with van der Waals surface area (Å²) in [5.41, 5.74) is 0. The van der Waals surface area contributed by atoms with Crippen LogP contribution in [0.1, 0.15) is 19.3 Å². The predicted molar refractivity (Wildman–Crippen MR) is 81.7 cm³/mol. The van der Waals surface area contributed by atoms with E-state index in [1.54, 1.807) is 13.3 Å². The smallest absolute Gasteiger partial charge is 0.224 e. The van der Waals surface area contributed by atoms with Gasteiger partial charge in [-0.25, -0.2) is 4.98 Å². The van der Waals surface area contributed by atoms with Gasteiger partial charge in [0.1, 0.15) is 5.82 Å². The van der Waals surface area contributed by atoms with Crippen molar-refractivity contribution in [2.75, 3.05) is 32.1 Å². The minimum atomic E-state index is 0.185. The Bertz CT molecular complexity index is 448. The first-order valence-corrected chi connectivity index (χ1v) is 7.63. The number of halogens is 1. The molecular weight excluding hydrogens is 322 g/mol. The van der Waals surface area contributed by atoms with Crippen molar-refractivity contribution in [1.82, 2.24) is 9.88 Å². The number of rotatable bonds is 5. The van der Waals surface area contributed by atoms with Gasteiger partial charge >= 0.3 is 0 Å². The number of aromatic nitrogens is 1. The quantitative estimate of drug-likeness (QED) is 0.892. The fourth-order valence-corrected chi connectivity index (χ4v) is 2.68. The summed E-state index contributed by atoms with van der Waals surface area (Å²) in [6, 6.07) is 4.23. The molecule has 110 valence electrons. The lowest BCUT2D eigenvalue weighted by molar-refractivity contribution is -0.133. The third-order valence-corrected chi connectivity index (χ3v) is 4.11. The molecule has 1 N–H and O–H groups in total. The van der Waals surface area contributed by atoms with Crippen molar-refractivity contribution in [3.05, 3.63) is 22.8 Å². The summed E-state index contributed by atoms with van der Waals surface area (Å²) in [6.07, 6.45) is 4.14. The summed E-state index contributed by atoms with van der Waals surface area (Å²) in [7, 11) is 1.62. The first kappa shape index (κ1) is 15.3. The molecule has 0 radical (unpaired) electrons. The summed E-state index contributed by atoms with van der Waals surface area (Å²) in [5, 5.41) is 3.43. The second kappa shape index (κ2) is 7.59. The number of piperidine rings is 1. The summed E-state index contributed by atoms with van der Waals surface area (Å²) in [5.74, 6) is 1.06. The number of carbonyl (C=O) groups excluding carboxylic acids is 1. The van der Waals surface area contributed by atoms with Crippen LogP contribution in [-0.2, 0) is 9.53 Å². The highest BCUT2D eigenvalue weighted by atomic mass is 79.9. The molecule has 5 nitrogen and oxygen atoms in total. The van der Waals surface area contributed by atoms with Crippen LogP contribution in [0.15, 0.2) is 22.8 Å². The Labute approximate surface area is 127 Å². The Morgan fingerprint density at radius 1 is 1.55 bits per heavy atom. The molecule has 0 unspecified atom stereocenters. The van der Waals surface area contributed by atoms with E-state index >= 15 is 0 Å². The van der Waals surface area contributed by atoms with Gasteiger partial charge in [-0.1, -0.05) is 0 Å². The molecule has 1 amide bonds. The number of hydrogen-bond acceptors (Lipinski definition) is 4. The van der Waals surface area contributed by atoms with Crippen LogP contribution in [0.25, 0.3) is 0 Å². The largest absolute Gasteiger partial charge is 0.384 e. The van der Waals surface area contributed by atoms with Crippen LogP contribution in [0.2, 0.25) is 0 Å². The van der Waals surface area contributed by atoms with Crippen molar-refractivity contribution < 1.29 is 9.53 Å². The highest BCUT2D eigenvalue weighted by Gasteiger charge is 2.22. The second-order valence-electron chi connectivity index (χ2n) is 4.88. The molecule has 2 rings (SSSR count). The van der Waals surface area contributed by atoms with E-state index in [-0.39, 0.29) is 5.91 Å². The topological polar surface area (TPSA) is 54.5 Å². The molecule has 0 aliphatic carbocycles. The first-order valence-electron chi connectivity index (χ1n) is 6.84. The molecule has 1 aliphatic rings. The van der Waals surface area contributed by atoms with Gasteiger partial charge in [0, 0.05) is 32.4 Å². The SMILES string of the molecule is COCCC(=O)N1CCC(Nc2ncccc2Br)CC1. The van der Waals surface area contributed by atoms with Gasteiger partial charge < -0.3 is 15.0 Å². The standard InChI is InChI=1S/C14H20BrN3O2/c1-20-10-6-13(19)18-8-4-11(5-9-18)17-14-12(15)3-2-7-16-14/h2-3,7,11H,4-6,8-10H2,1H3,(H,16,17). The van der Waals surface area contributed by atoms with E-state index in [1.165, 1.54) is 0 Å². The number of nitrogens with zero attached hydrogens (tertiary/aromatic N) is 2. The Kier molecular flexibility index (Phi) is 5.79. The van der Waals surface area contributed by atoms with Gasteiger partial charge in [-0.15, -0.1) is 0 Å². The van der Waals surface area contributed by atoms with E-state index in [1.807, 2.05) is 17.0 Å². The lowest BCUT2D eigenvalue weighted by Gasteiger charge is -2.32. The molecule has 0 saturated carbocycles. The first-order chi connectivity index (χ1) is 9.70. The third kappa shape index (κ3) is 4.18. The summed E-state index contributed by atoms with van der Waals surface area (Å²) in [6.45, 7) is 2.09. The maximum absolute atomic E-state index is 11.9. The Morgan fingerprint density at radius 2 is 2.30 bits per heavy atom. The molecule has 0 atom stereocenters. The molecule has 1 saturated heterocycles. The van der Waals surface area contributed by atoms with Gasteiger partial charge in [0.25, 0.3) is 0 Å². The molecule has 1 fully saturated rings. The highest BCUT2D eigenvalue weighted by Crippen LogP contribution is 2.22. The number of hydrogen-bond donors (Lipinski definition) is 1. The van der Waals surface area contributed by atoms with Crippen molar-refractivity contribution in [3.8, 4) is 0 Å². The number of pyridine rings is 1. The van der Waals surface area contributed by atoms with Crippen LogP contribution in [0.5, 0.6) is 0 Å². The minimum Gasteiger partial charge on any atom is -0.384 e. The van der Waals surface area contributed by atoms with Crippen molar-refractivity contribution in [3.63, 3.8) is 0 Å². The van der Waals surface area contributed by atoms with E-state index in [2.05, 4.69) is 26.2 Å². The van der Waals surface area contributed by atoms with Gasteiger partial charge in [-0.3, -0.25) is 4.79 Å². The monoisotopic (exact) mass is 341 g/mol. The summed E-state index contributed by atoms with van der Waals surface area (Å²) >= 11 is 3.48. The average molecular weight is 342 g/mol. The molecule has 20 heavy (non-hydrogen) atoms. The number of carbonyl (C=O) groups is 1. The Balaban J connectivity index is 1.80. The zero-order valence-electron chi connectivity index (χ0n) is 11.6. The molecule has 0 bridgehead atoms. The van der Waals surface area contributed by atoms with Crippen molar-refractivity contribution in [2.45, 2.75) is 25.3 Å². The van der Waals surface area contributed by atoms with Crippen molar-refractivity contribution in [1.29, 1.82) is 0 Å². The predicted octanol–water partition coefficient (Wildman–Crippen LogP) is 2.28. The molecule has 1 aromatic rings. The maximum Gasteiger partial charge on any atom is 0.224 e. The van der Waals surface area contributed by atoms with Gasteiger partial charge in [0.05, 0.1) is 17.5 Å². The van der Waals surface area contributed by atoms with E-state index in [0.717, 1.165) is 36.2 Å². The minimum absolute atomic E-state index is 0.185. The van der Waals surface area contributed by atoms with Crippen molar-refractivity contribution in [2.24, 2.45) is 0 Å². The molecule has 0 aromatic carbocycles. The second-order valence-corrected chi connectivity index (χ2v) is 5.73. The highest BCUT2D eigenvalue weighted by molar-refractivity contribution is 9.10. The van der Waals surface area contributed by atoms with Crippen molar-refractivity contribution >= 4 is 27.7 Å². The molecular formula is C14H20BrN3O2. The van der Waals surface area contributed by atoms with Gasteiger partial charge in [0.2, 0.25) is 5.91 Å². The van der Waals surface area contributed by atoms with E-state index in [0.29, 0.717) is 19.1 Å². The lowest BCUT2D eigenvalue weighted by atomic mass is 10.0. The molecule has 1 aliphatic heterocycles. The van der Waals surface area contributed by atoms with Gasteiger partial charge in [0.15, 0.2) is 0 Å². The Hall–Kier alpha value is -1.14. The fraction of sp³-hybridized carbons (Fsp3) is 0.571. The third-order valence-electron chi connectivity index (χ3n) is 3.47. The molecule has 0 spiro atoms. The van der Waals surface area contributed by atoms with Crippen LogP contribution in [0.3, 0.4) is 0 Å². The Morgan fingerprint density at radius 3 is 2.95 bits per heavy atom. The molecule has 2 heterocycles. The van der Waals surface area contributed by atoms with E-state index < -0.39 is 0 Å². The van der Waals surface area contributed by atoms with Crippen LogP contribution < -0.4 is 5.32 Å². The van der Waals surface area contributed by atoms with E-state index in [4.69, 9.17) is 4.74 Å². The van der Waals surface area contributed by atoms with Crippen LogP contribution in [0, 0.1) is 0 Å². The van der Waals surface area contributed by atoms with E-state index in [9.17, 15) is 4.79 Å². The van der Waals surface area contributed by atoms with Gasteiger partial charge in [-0.2, -0.15) is 0 Å². The zero-order chi connectivity index (χ0) is 14.4. The number of anilines is 1. The zero-order valence-corrected chi connectivity index (χ0v) is 13.2. The normalized spacial score (nSPS) is 16.2. The number of nitrogens with one attached hydrogen (secondary N) is 1. The average Bonchev–Trinajstić information content (AvgIpc) is 2.48. The van der Waals surface area contributed by atoms with Gasteiger partial charge in [-0.05, 0) is 40.9 Å². The van der Waals surface area contributed by atoms with Crippen LogP contribution >= 0.6 is 15.9 Å². The van der Waals surface area contributed by atoms with Crippen LogP contribution in [0.4, 0.5) is 5.82 Å². The fourth-order valence-electron chi connectivity index (χ4n) is 2.31. The lowest BCUT2D eigenvalue weighted by Crippen LogP contribution is -2.42. The summed E-state index contributed by atoms with van der Waals surface area (Å²) in [4.78, 5) is 18.1. The maximum atomic E-state index is 11.9. The molecule has 6 heteroatoms. The number of amides is 1. The molecule has 1 aromatic heterocycles. The summed E-state index contributed by atoms with van der Waals surface area (Å²) < 4.78 is 5.91.